The van der Waals surface area contributed by atoms with E-state index in [4.69, 9.17) is 10.4 Å². The second-order valence-electron chi connectivity index (χ2n) is 5.15. The molecule has 1 amide bonds. The van der Waals surface area contributed by atoms with E-state index >= 15 is 0 Å². The smallest absolute Gasteiger partial charge is 0.0493 e. The summed E-state index contributed by atoms with van der Waals surface area (Å²) in [5.41, 5.74) is 0. The van der Waals surface area contributed by atoms with Crippen LogP contribution in [0.2, 0.25) is 0 Å². The summed E-state index contributed by atoms with van der Waals surface area (Å²) in [6.45, 7) is 1.55. The molecule has 0 aromatic heterocycles. The second kappa shape index (κ2) is 8.50. The number of amides is 1. The third-order valence-electron chi connectivity index (χ3n) is 3.40. The van der Waals surface area contributed by atoms with Crippen molar-refractivity contribution in [3.8, 4) is 0 Å². The zero-order chi connectivity index (χ0) is 16.6. The van der Waals surface area contributed by atoms with E-state index in [0.29, 0.717) is 12.5 Å². The molecule has 4 N–H and O–H groups in total. The van der Waals surface area contributed by atoms with Crippen LogP contribution in [0.15, 0.2) is 36.5 Å². The van der Waals surface area contributed by atoms with Gasteiger partial charge in [-0.25, -0.2) is 0 Å². The van der Waals surface area contributed by atoms with Crippen molar-refractivity contribution < 1.29 is 26.9 Å². The Morgan fingerprint density at radius 3 is 2.55 bits per heavy atom. The van der Waals surface area contributed by atoms with Crippen molar-refractivity contribution in [3.05, 3.63) is 36.5 Å². The molecule has 3 unspecified atom stereocenters. The van der Waals surface area contributed by atoms with E-state index in [-0.39, 0.29) is 6.42 Å². The van der Waals surface area contributed by atoms with Crippen LogP contribution >= 0.6 is 0 Å². The molecule has 7 nitrogen and oxygen atoms in total. The first kappa shape index (κ1) is 18.9. The second-order valence-corrected chi connectivity index (χ2v) is 9.35. The van der Waals surface area contributed by atoms with Gasteiger partial charge in [0, 0.05) is 12.5 Å². The first-order valence-electron chi connectivity index (χ1n) is 6.93. The van der Waals surface area contributed by atoms with Crippen molar-refractivity contribution in [1.29, 1.82) is 0 Å². The molecular formula is C14H22AsNO6. The number of carbonyl (C=O) groups is 1. The Labute approximate surface area is 132 Å². The van der Waals surface area contributed by atoms with Crippen molar-refractivity contribution >= 4 is 20.1 Å². The van der Waals surface area contributed by atoms with Crippen molar-refractivity contribution in [2.75, 3.05) is 6.61 Å². The molecule has 0 saturated heterocycles. The number of allylic oxidation sites excluding steroid dienone is 3. The summed E-state index contributed by atoms with van der Waals surface area (Å²) in [6, 6.07) is 0. The Hall–Kier alpha value is -1.11. The van der Waals surface area contributed by atoms with Gasteiger partial charge in [-0.1, -0.05) is 12.2 Å². The van der Waals surface area contributed by atoms with Crippen LogP contribution in [0.25, 0.3) is 0 Å². The van der Waals surface area contributed by atoms with Gasteiger partial charge in [0.15, 0.2) is 0 Å². The molecule has 0 aromatic carbocycles. The van der Waals surface area contributed by atoms with Crippen molar-refractivity contribution in [2.45, 2.75) is 30.5 Å². The van der Waals surface area contributed by atoms with Crippen molar-refractivity contribution in [2.24, 2.45) is 5.92 Å². The largest absolute Gasteiger partial charge is 0.396 e. The molecule has 124 valence electrons. The molecular weight excluding hydrogens is 353 g/mol. The molecule has 0 bridgehead atoms. The number of aliphatic hydroxyl groups excluding tert-OH is 1. The number of hydrogen-bond acceptors (Lipinski definition) is 5. The monoisotopic (exact) mass is 375 g/mol. The van der Waals surface area contributed by atoms with Crippen LogP contribution in [0.5, 0.6) is 0 Å². The molecule has 0 saturated carbocycles. The Bertz CT molecular complexity index is 515. The van der Waals surface area contributed by atoms with Crippen LogP contribution in [-0.2, 0) is 12.4 Å². The van der Waals surface area contributed by atoms with Gasteiger partial charge < -0.3 is 5.11 Å². The standard InChI is InChI=1S/C8H12AsNO5.C6H10O/c1-7(11)10-8(9(12,13)15-14)5-3-2-4-6-8;7-5-6-3-1-2-4-6/h2-5,14H,6H2,1H3,(H,10,11)(H,12,13);1,3,6-7H,2,4-5H2. The molecule has 2 aliphatic carbocycles. The van der Waals surface area contributed by atoms with Crippen LogP contribution in [0, 0.1) is 5.92 Å². The quantitative estimate of drug-likeness (QED) is 0.249. The average molecular weight is 375 g/mol. The summed E-state index contributed by atoms with van der Waals surface area (Å²) in [6.07, 6.45) is 12.8. The van der Waals surface area contributed by atoms with Crippen LogP contribution in [0.3, 0.4) is 0 Å². The molecule has 2 rings (SSSR count). The number of aliphatic hydroxyl groups is 1. The maximum absolute atomic E-state index is 11.6. The fraction of sp³-hybridized carbons (Fsp3) is 0.500. The summed E-state index contributed by atoms with van der Waals surface area (Å²) in [5.74, 6) is 0.00248. The van der Waals surface area contributed by atoms with Gasteiger partial charge in [0.25, 0.3) is 0 Å². The van der Waals surface area contributed by atoms with E-state index in [2.05, 4.69) is 21.3 Å². The van der Waals surface area contributed by atoms with E-state index in [9.17, 15) is 12.6 Å². The maximum atomic E-state index is 11.6. The average Bonchev–Trinajstić information content (AvgIpc) is 3.01. The molecule has 0 heterocycles. The molecule has 0 aliphatic heterocycles. The van der Waals surface area contributed by atoms with E-state index in [1.807, 2.05) is 0 Å². The first-order chi connectivity index (χ1) is 10.4. The minimum atomic E-state index is -5.02. The molecule has 0 fully saturated rings. The van der Waals surface area contributed by atoms with Gasteiger partial charge in [0.1, 0.15) is 0 Å². The number of carbonyl (C=O) groups excluding carboxylic acids is 1. The minimum absolute atomic E-state index is 0.108. The number of rotatable bonds is 4. The molecule has 0 spiro atoms. The Morgan fingerprint density at radius 1 is 1.45 bits per heavy atom. The van der Waals surface area contributed by atoms with Gasteiger partial charge in [-0.2, -0.15) is 0 Å². The van der Waals surface area contributed by atoms with Crippen molar-refractivity contribution in [1.82, 2.24) is 5.32 Å². The van der Waals surface area contributed by atoms with Crippen LogP contribution in [0.4, 0.5) is 0 Å². The summed E-state index contributed by atoms with van der Waals surface area (Å²) < 4.78 is 23.3. The third kappa shape index (κ3) is 4.97. The number of nitrogens with one attached hydrogen (secondary N) is 1. The summed E-state index contributed by atoms with van der Waals surface area (Å²) in [7, 11) is 0. The Balaban J connectivity index is 0.000000287. The fourth-order valence-electron chi connectivity index (χ4n) is 2.21. The van der Waals surface area contributed by atoms with E-state index < -0.39 is 24.4 Å². The zero-order valence-electron chi connectivity index (χ0n) is 12.4. The summed E-state index contributed by atoms with van der Waals surface area (Å²) in [5, 5.41) is 19.3. The van der Waals surface area contributed by atoms with Crippen LogP contribution < -0.4 is 5.32 Å². The summed E-state index contributed by atoms with van der Waals surface area (Å²) >= 11 is -5.02. The van der Waals surface area contributed by atoms with E-state index in [1.165, 1.54) is 19.1 Å². The van der Waals surface area contributed by atoms with Gasteiger partial charge in [-0.15, -0.1) is 0 Å². The van der Waals surface area contributed by atoms with Crippen molar-refractivity contribution in [3.63, 3.8) is 0 Å². The van der Waals surface area contributed by atoms with Crippen LogP contribution in [0.1, 0.15) is 26.2 Å². The third-order valence-corrected chi connectivity index (χ3v) is 6.91. The van der Waals surface area contributed by atoms with Gasteiger partial charge in [-0.05, 0) is 12.8 Å². The Morgan fingerprint density at radius 2 is 2.18 bits per heavy atom. The molecule has 8 heteroatoms. The predicted octanol–water partition coefficient (Wildman–Crippen LogP) is 0.713. The fourth-order valence-corrected chi connectivity index (χ4v) is 4.42. The van der Waals surface area contributed by atoms with Gasteiger partial charge >= 0.3 is 89.1 Å². The zero-order valence-corrected chi connectivity index (χ0v) is 14.3. The molecule has 0 aromatic rings. The van der Waals surface area contributed by atoms with E-state index in [1.54, 1.807) is 12.2 Å². The normalized spacial score (nSPS) is 28.6. The summed E-state index contributed by atoms with van der Waals surface area (Å²) in [4.78, 5) is 11.0. The van der Waals surface area contributed by atoms with Gasteiger partial charge in [0.2, 0.25) is 0 Å². The minimum Gasteiger partial charge on any atom is -0.396 e. The topological polar surface area (TPSA) is 116 Å². The Kier molecular flexibility index (Phi) is 7.32. The van der Waals surface area contributed by atoms with Gasteiger partial charge in [-0.3, -0.25) is 0 Å². The molecule has 0 radical (unpaired) electrons. The van der Waals surface area contributed by atoms with Crippen LogP contribution in [-0.4, -0.2) is 45.5 Å². The molecule has 22 heavy (non-hydrogen) atoms. The van der Waals surface area contributed by atoms with Gasteiger partial charge in [0.05, 0.1) is 0 Å². The maximum Gasteiger partial charge on any atom is 0.0493 e. The number of hydrogen-bond donors (Lipinski definition) is 4. The molecule has 3 atom stereocenters. The molecule has 2 aliphatic rings. The first-order valence-corrected chi connectivity index (χ1v) is 10.2. The SMILES string of the molecule is CC(=O)NC1([As](=O)(O)OO)C=CC=CC1.OCC1C=CCC1. The predicted molar refractivity (Wildman–Crippen MR) is 80.8 cm³/mol. The van der Waals surface area contributed by atoms with E-state index in [0.717, 1.165) is 12.8 Å².